The van der Waals surface area contributed by atoms with Gasteiger partial charge in [-0.3, -0.25) is 0 Å². The fourth-order valence-corrected chi connectivity index (χ4v) is 21.1. The summed E-state index contributed by atoms with van der Waals surface area (Å²) in [5, 5.41) is 39.5. The SMILES string of the molecule is Brc1ccc(CCNc2ncc3c(n2)-c2ccccc2C2(CCNCC2)C3)cc1.Cc1cccc(CNc2ncc3c(n2)-c2ccccc2C2(CCNCC2)C3)c1.N#Cc1cccnc1N1CCN(c2ncc3c(n2)-c2ccccc2C2(CCNCC2)C3)CC1.OCCC1CCN(c2ncc3c(n2)-c2ccccc2C2(CCNCC2)C3)CC1. The lowest BCUT2D eigenvalue weighted by atomic mass is 9.64. The van der Waals surface area contributed by atoms with Gasteiger partial charge in [0.2, 0.25) is 23.8 Å². The predicted molar refractivity (Wildman–Crippen MR) is 475 cm³/mol. The number of hydrogen-bond acceptors (Lipinski definition) is 20. The summed E-state index contributed by atoms with van der Waals surface area (Å²) in [6.45, 7) is 17.8. The van der Waals surface area contributed by atoms with Gasteiger partial charge in [0.1, 0.15) is 11.9 Å². The molecule has 7 N–H and O–H groups in total. The number of aromatic nitrogens is 9. The minimum atomic E-state index is 0.201. The van der Waals surface area contributed by atoms with Crippen molar-refractivity contribution in [2.75, 3.05) is 130 Å². The van der Waals surface area contributed by atoms with E-state index in [4.69, 9.17) is 29.9 Å². The molecule has 11 heterocycles. The van der Waals surface area contributed by atoms with Gasteiger partial charge in [-0.25, -0.2) is 44.9 Å². The van der Waals surface area contributed by atoms with Crippen molar-refractivity contribution >= 4 is 45.5 Å². The number of anilines is 5. The first-order chi connectivity index (χ1) is 58.0. The molecule has 0 atom stereocenters. The minimum Gasteiger partial charge on any atom is -0.396 e. The molecule has 4 spiro atoms. The maximum Gasteiger partial charge on any atom is 0.225 e. The Bertz CT molecular complexity index is 5400. The van der Waals surface area contributed by atoms with Crippen molar-refractivity contribution in [2.24, 2.45) is 5.92 Å². The van der Waals surface area contributed by atoms with Crippen LogP contribution in [0.4, 0.5) is 29.6 Å². The number of nitriles is 1. The van der Waals surface area contributed by atoms with Crippen LogP contribution in [-0.2, 0) is 60.3 Å². The Morgan fingerprint density at radius 1 is 0.449 bits per heavy atom. The van der Waals surface area contributed by atoms with Gasteiger partial charge >= 0.3 is 0 Å². The molecule has 0 radical (unpaired) electrons. The van der Waals surface area contributed by atoms with Gasteiger partial charge in [0, 0.05) is 138 Å². The Morgan fingerprint density at radius 3 is 1.31 bits per heavy atom. The average molecular weight is 1640 g/mol. The van der Waals surface area contributed by atoms with E-state index in [0.29, 0.717) is 24.0 Å². The van der Waals surface area contributed by atoms with Crippen molar-refractivity contribution in [1.29, 1.82) is 5.26 Å². The Hall–Kier alpha value is -10.4. The summed E-state index contributed by atoms with van der Waals surface area (Å²) in [6.07, 6.45) is 27.7. The van der Waals surface area contributed by atoms with Crippen LogP contribution in [-0.4, -0.2) is 155 Å². The second-order valence-corrected chi connectivity index (χ2v) is 35.2. The molecule has 0 bridgehead atoms. The second-order valence-electron chi connectivity index (χ2n) is 34.3. The van der Waals surface area contributed by atoms with Gasteiger partial charge in [-0.2, -0.15) is 5.26 Å². The van der Waals surface area contributed by atoms with Crippen molar-refractivity contribution in [3.8, 4) is 51.1 Å². The molecular weight excluding hydrogens is 1530 g/mol. The monoisotopic (exact) mass is 1630 g/mol. The molecule has 11 aromatic rings. The quantitative estimate of drug-likeness (QED) is 0.0601. The predicted octanol–water partition coefficient (Wildman–Crippen LogP) is 14.8. The molecule has 604 valence electrons. The van der Waals surface area contributed by atoms with Crippen LogP contribution in [0.3, 0.4) is 0 Å². The molecule has 10 aliphatic rings. The van der Waals surface area contributed by atoms with Crippen molar-refractivity contribution in [2.45, 2.75) is 138 Å². The standard InChI is InChI=1S/C26H27N7.C24H25BrN4.C24H26N4.C23H30N4O/c27-17-19-4-3-9-29-24(19)32-12-14-33(15-13-32)25-30-18-20-16-26(7-10-28-11-8-26)22-6-2-1-5-21(22)23(20)31-25;25-19-7-5-17(6-8-19)9-12-27-23-28-16-18-15-24(10-13-26-14-11-24)21-4-2-1-3-20(21)22(18)29-23;1-17-5-4-6-18(13-17)15-26-23-27-16-19-14-24(9-11-25-12-10-24)21-8-3-2-7-20(21)22(19)28-23;28-14-7-17-5-12-27(13-6-17)22-25-16-18-15-23(8-10-24-11-9-23)20-4-2-1-3-19(20)21(18)26-22/h1-6,9,18,28H,7-8,10-16H2;1-8,16,26H,9-15H2,(H,27,28,29);2-8,13,16,25H,9-12,14-15H2,1H3,(H,26,27,28);1-4,16-17,24,28H,5-15H2. The number of rotatable bonds is 12. The van der Waals surface area contributed by atoms with Crippen molar-refractivity contribution in [1.82, 2.24) is 66.1 Å². The molecule has 6 aliphatic heterocycles. The topological polar surface area (TPSA) is 242 Å². The van der Waals surface area contributed by atoms with Gasteiger partial charge in [0.15, 0.2) is 0 Å². The molecule has 0 unspecified atom stereocenters. The largest absolute Gasteiger partial charge is 0.396 e. The van der Waals surface area contributed by atoms with Gasteiger partial charge in [-0.1, -0.05) is 155 Å². The van der Waals surface area contributed by atoms with E-state index >= 15 is 0 Å². The van der Waals surface area contributed by atoms with Gasteiger partial charge in [0.25, 0.3) is 0 Å². The molecular formula is C97H108BrN19O. The third-order valence-electron chi connectivity index (χ3n) is 27.2. The first kappa shape index (κ1) is 78.7. The number of aliphatic hydroxyl groups is 1. The molecule has 21 heteroatoms. The molecule has 4 aliphatic carbocycles. The van der Waals surface area contributed by atoms with E-state index in [1.54, 1.807) is 6.20 Å². The number of pyridine rings is 1. The van der Waals surface area contributed by atoms with Crippen LogP contribution >= 0.6 is 15.9 Å². The van der Waals surface area contributed by atoms with Crippen molar-refractivity contribution in [3.63, 3.8) is 0 Å². The Balaban J connectivity index is 0.000000109. The van der Waals surface area contributed by atoms with Crippen LogP contribution in [0.25, 0.3) is 45.0 Å². The Labute approximate surface area is 702 Å². The number of nitrogens with zero attached hydrogens (tertiary/aromatic N) is 13. The van der Waals surface area contributed by atoms with Crippen LogP contribution < -0.4 is 46.6 Å². The van der Waals surface area contributed by atoms with Crippen LogP contribution in [0.1, 0.15) is 137 Å². The number of aryl methyl sites for hydroxylation is 1. The first-order valence-electron chi connectivity index (χ1n) is 43.2. The van der Waals surface area contributed by atoms with E-state index < -0.39 is 0 Å². The normalized spacial score (nSPS) is 18.6. The number of hydrogen-bond donors (Lipinski definition) is 7. The van der Waals surface area contributed by atoms with Crippen molar-refractivity contribution in [3.05, 3.63) is 260 Å². The number of piperazine rings is 1. The molecule has 5 aromatic heterocycles. The van der Waals surface area contributed by atoms with E-state index in [2.05, 4.69) is 248 Å². The molecule has 6 saturated heterocycles. The zero-order valence-electron chi connectivity index (χ0n) is 67.9. The average Bonchev–Trinajstić information content (AvgIpc) is 0.742. The molecule has 0 amide bonds. The Kier molecular flexibility index (Phi) is 23.5. The van der Waals surface area contributed by atoms with E-state index in [0.717, 1.165) is 220 Å². The van der Waals surface area contributed by atoms with Crippen LogP contribution in [0, 0.1) is 24.2 Å². The fraction of sp³-hybridized carbons (Fsp3) is 0.402. The highest BCUT2D eigenvalue weighted by Crippen LogP contribution is 2.52. The van der Waals surface area contributed by atoms with Crippen molar-refractivity contribution < 1.29 is 5.11 Å². The van der Waals surface area contributed by atoms with Gasteiger partial charge in [-0.05, 0) is 248 Å². The van der Waals surface area contributed by atoms with E-state index in [-0.39, 0.29) is 21.7 Å². The molecule has 118 heavy (non-hydrogen) atoms. The highest BCUT2D eigenvalue weighted by Gasteiger charge is 2.45. The summed E-state index contributed by atoms with van der Waals surface area (Å²) < 4.78 is 1.11. The number of aliphatic hydroxyl groups excluding tert-OH is 1. The number of fused-ring (bicyclic) bond motifs is 16. The summed E-state index contributed by atoms with van der Waals surface area (Å²) in [4.78, 5) is 50.1. The number of nitrogens with one attached hydrogen (secondary N) is 6. The zero-order valence-corrected chi connectivity index (χ0v) is 69.5. The van der Waals surface area contributed by atoms with Crippen LogP contribution in [0.5, 0.6) is 0 Å². The summed E-state index contributed by atoms with van der Waals surface area (Å²) in [5.41, 5.74) is 25.9. The number of benzene rings is 6. The maximum atomic E-state index is 9.41. The highest BCUT2D eigenvalue weighted by atomic mass is 79.9. The summed E-state index contributed by atoms with van der Waals surface area (Å²) in [5.74, 6) is 4.50. The third-order valence-corrected chi connectivity index (χ3v) is 27.7. The molecule has 6 fully saturated rings. The zero-order chi connectivity index (χ0) is 79.9. The molecule has 20 nitrogen and oxygen atoms in total. The van der Waals surface area contributed by atoms with Crippen LogP contribution in [0.2, 0.25) is 0 Å². The van der Waals surface area contributed by atoms with Gasteiger partial charge in [-0.15, -0.1) is 0 Å². The summed E-state index contributed by atoms with van der Waals surface area (Å²) >= 11 is 3.49. The van der Waals surface area contributed by atoms with E-state index in [9.17, 15) is 10.4 Å². The first-order valence-corrected chi connectivity index (χ1v) is 44.0. The minimum absolute atomic E-state index is 0.201. The smallest absolute Gasteiger partial charge is 0.225 e. The molecule has 0 saturated carbocycles. The van der Waals surface area contributed by atoms with Gasteiger partial charge in [0.05, 0.1) is 28.3 Å². The summed E-state index contributed by atoms with van der Waals surface area (Å²) in [6, 6.07) is 58.3. The van der Waals surface area contributed by atoms with Crippen LogP contribution in [0.15, 0.2) is 193 Å². The Morgan fingerprint density at radius 2 is 0.864 bits per heavy atom. The maximum absolute atomic E-state index is 9.41. The van der Waals surface area contributed by atoms with E-state index in [1.165, 1.54) is 122 Å². The number of piperidine rings is 5. The van der Waals surface area contributed by atoms with Gasteiger partial charge < -0.3 is 51.7 Å². The number of halogens is 1. The second kappa shape index (κ2) is 35.2. The molecule has 21 rings (SSSR count). The van der Waals surface area contributed by atoms with E-state index in [1.807, 2.05) is 24.5 Å². The lowest BCUT2D eigenvalue weighted by Gasteiger charge is -2.43. The molecule has 6 aromatic carbocycles. The summed E-state index contributed by atoms with van der Waals surface area (Å²) in [7, 11) is 0. The lowest BCUT2D eigenvalue weighted by molar-refractivity contribution is 0.240. The fourth-order valence-electron chi connectivity index (χ4n) is 20.8. The highest BCUT2D eigenvalue weighted by molar-refractivity contribution is 9.10. The lowest BCUT2D eigenvalue weighted by Crippen LogP contribution is -2.48. The third kappa shape index (κ3) is 16.5.